The molecule has 9 nitrogen and oxygen atoms in total. The molecule has 1 aromatic heterocycles. The average molecular weight is 569 g/mol. The minimum absolute atomic E-state index is 0.187. The highest BCUT2D eigenvalue weighted by molar-refractivity contribution is 8.23. The Kier molecular flexibility index (Phi) is 9.52. The van der Waals surface area contributed by atoms with Crippen LogP contribution in [0.2, 0.25) is 0 Å². The number of amides is 3. The molecule has 0 saturated carbocycles. The van der Waals surface area contributed by atoms with E-state index >= 15 is 0 Å². The number of nitrogens with zero attached hydrogens (tertiary/aromatic N) is 3. The fourth-order valence-corrected chi connectivity index (χ4v) is 4.78. The molecule has 2 aromatic carbocycles. The molecule has 0 saturated heterocycles. The predicted molar refractivity (Wildman–Crippen MR) is 155 cm³/mol. The van der Waals surface area contributed by atoms with Gasteiger partial charge in [0.1, 0.15) is 11.7 Å². The quantitative estimate of drug-likeness (QED) is 0.225. The number of methoxy groups -OCH3 is 1. The van der Waals surface area contributed by atoms with Crippen LogP contribution in [0.4, 0.5) is 4.79 Å². The number of aromatic amines is 1. The molecule has 1 heterocycles. The third-order valence-electron chi connectivity index (χ3n) is 5.69. The van der Waals surface area contributed by atoms with E-state index in [1.54, 1.807) is 64.2 Å². The van der Waals surface area contributed by atoms with Crippen molar-refractivity contribution in [1.29, 1.82) is 0 Å². The third kappa shape index (κ3) is 7.04. The molecule has 0 unspecified atom stereocenters. The Hall–Kier alpha value is -3.70. The molecule has 3 rings (SSSR count). The molecular formula is C28H32N4O5S2. The number of nitrogens with one attached hydrogen (secondary N) is 1. The molecule has 1 N–H and O–H groups in total. The molecule has 0 radical (unpaired) electrons. The van der Waals surface area contributed by atoms with Gasteiger partial charge in [0.15, 0.2) is 0 Å². The van der Waals surface area contributed by atoms with Gasteiger partial charge in [-0.3, -0.25) is 9.59 Å². The van der Waals surface area contributed by atoms with E-state index in [-0.39, 0.29) is 11.5 Å². The zero-order chi connectivity index (χ0) is 28.9. The molecule has 0 aliphatic carbocycles. The Morgan fingerprint density at radius 2 is 1.72 bits per heavy atom. The van der Waals surface area contributed by atoms with Gasteiger partial charge in [0.2, 0.25) is 0 Å². The van der Waals surface area contributed by atoms with E-state index in [9.17, 15) is 14.4 Å². The fourth-order valence-electron chi connectivity index (χ4n) is 3.99. The standard InChI is InChI=1S/C28H32N4O5S2/c1-17-11-18(2)13-20(12-17)24(33)32(28(4,5)6)31(25(34)21-9-8-10-23(36-7)19(21)3)27(35)37-16-39-26(38)22-14-29-15-30-22/h8-15H,16H2,1-7H3,(H,29,30). The molecule has 0 spiro atoms. The molecule has 0 aliphatic rings. The first-order chi connectivity index (χ1) is 18.3. The zero-order valence-corrected chi connectivity index (χ0v) is 24.7. The van der Waals surface area contributed by atoms with Crippen LogP contribution in [0.3, 0.4) is 0 Å². The second-order valence-electron chi connectivity index (χ2n) is 9.84. The molecule has 0 aliphatic heterocycles. The lowest BCUT2D eigenvalue weighted by atomic mass is 10.0. The lowest BCUT2D eigenvalue weighted by molar-refractivity contribution is -0.0372. The van der Waals surface area contributed by atoms with E-state index in [0.29, 0.717) is 26.8 Å². The van der Waals surface area contributed by atoms with Crippen molar-refractivity contribution in [1.82, 2.24) is 20.0 Å². The fraction of sp³-hybridized carbons (Fsp3) is 0.321. The lowest BCUT2D eigenvalue weighted by Crippen LogP contribution is -2.60. The van der Waals surface area contributed by atoms with Gasteiger partial charge in [0.25, 0.3) is 11.8 Å². The van der Waals surface area contributed by atoms with E-state index in [4.69, 9.17) is 21.7 Å². The second-order valence-corrected chi connectivity index (χ2v) is 11.4. The number of thioether (sulfide) groups is 1. The number of hydrogen-bond donors (Lipinski definition) is 1. The average Bonchev–Trinajstić information content (AvgIpc) is 3.40. The van der Waals surface area contributed by atoms with E-state index in [0.717, 1.165) is 32.9 Å². The summed E-state index contributed by atoms with van der Waals surface area (Å²) >= 11 is 6.43. The van der Waals surface area contributed by atoms with Gasteiger partial charge in [0, 0.05) is 16.7 Å². The molecule has 0 bridgehead atoms. The molecule has 0 atom stereocenters. The number of imidazole rings is 1. The number of aromatic nitrogens is 2. The lowest BCUT2D eigenvalue weighted by Gasteiger charge is -2.41. The number of imide groups is 1. The number of benzene rings is 2. The van der Waals surface area contributed by atoms with Crippen LogP contribution in [-0.4, -0.2) is 60.7 Å². The van der Waals surface area contributed by atoms with Gasteiger partial charge < -0.3 is 14.5 Å². The first kappa shape index (κ1) is 29.9. The predicted octanol–water partition coefficient (Wildman–Crippen LogP) is 5.84. The van der Waals surface area contributed by atoms with Gasteiger partial charge in [0.05, 0.1) is 35.1 Å². The number of ether oxygens (including phenoxy) is 2. The van der Waals surface area contributed by atoms with Crippen molar-refractivity contribution < 1.29 is 23.9 Å². The third-order valence-corrected chi connectivity index (χ3v) is 6.98. The first-order valence-corrected chi connectivity index (χ1v) is 13.5. The minimum Gasteiger partial charge on any atom is -0.496 e. The van der Waals surface area contributed by atoms with Gasteiger partial charge in [-0.1, -0.05) is 47.2 Å². The zero-order valence-electron chi connectivity index (χ0n) is 23.0. The minimum atomic E-state index is -1.02. The Morgan fingerprint density at radius 1 is 1.05 bits per heavy atom. The Morgan fingerprint density at radius 3 is 2.28 bits per heavy atom. The number of aryl methyl sites for hydroxylation is 2. The summed E-state index contributed by atoms with van der Waals surface area (Å²) in [5, 5.41) is 1.91. The Labute approximate surface area is 237 Å². The summed E-state index contributed by atoms with van der Waals surface area (Å²) < 4.78 is 11.3. The van der Waals surface area contributed by atoms with Gasteiger partial charge >= 0.3 is 6.09 Å². The number of H-pyrrole nitrogens is 1. The molecule has 3 aromatic rings. The summed E-state index contributed by atoms with van der Waals surface area (Å²) in [6, 6.07) is 10.3. The van der Waals surface area contributed by atoms with Crippen LogP contribution in [-0.2, 0) is 4.74 Å². The highest BCUT2D eigenvalue weighted by Crippen LogP contribution is 2.28. The molecule has 206 valence electrons. The summed E-state index contributed by atoms with van der Waals surface area (Å²) in [5.74, 6) is -0.976. The summed E-state index contributed by atoms with van der Waals surface area (Å²) in [6.07, 6.45) is 2.03. The number of hydrazine groups is 1. The normalized spacial score (nSPS) is 11.1. The van der Waals surface area contributed by atoms with E-state index in [1.807, 2.05) is 19.9 Å². The van der Waals surface area contributed by atoms with Crippen molar-refractivity contribution in [2.75, 3.05) is 13.0 Å². The molecule has 0 fully saturated rings. The van der Waals surface area contributed by atoms with Crippen molar-refractivity contribution in [2.45, 2.75) is 47.1 Å². The maximum Gasteiger partial charge on any atom is 0.437 e. The number of carbonyl (C=O) groups excluding carboxylic acids is 3. The van der Waals surface area contributed by atoms with Gasteiger partial charge in [-0.2, -0.15) is 0 Å². The number of rotatable bonds is 6. The van der Waals surface area contributed by atoms with Crippen LogP contribution < -0.4 is 4.74 Å². The maximum atomic E-state index is 14.0. The summed E-state index contributed by atoms with van der Waals surface area (Å²) in [6.45, 7) is 10.7. The largest absolute Gasteiger partial charge is 0.496 e. The van der Waals surface area contributed by atoms with Gasteiger partial charge in [-0.15, -0.1) is 5.01 Å². The van der Waals surface area contributed by atoms with Crippen molar-refractivity contribution in [2.24, 2.45) is 0 Å². The van der Waals surface area contributed by atoms with Crippen LogP contribution in [0.5, 0.6) is 5.75 Å². The Balaban J connectivity index is 2.04. The Bertz CT molecular complexity index is 1360. The van der Waals surface area contributed by atoms with Crippen LogP contribution >= 0.6 is 24.0 Å². The molecule has 11 heteroatoms. The van der Waals surface area contributed by atoms with E-state index in [2.05, 4.69) is 9.97 Å². The molecule has 3 amide bonds. The van der Waals surface area contributed by atoms with Crippen molar-refractivity contribution in [3.63, 3.8) is 0 Å². The monoisotopic (exact) mass is 568 g/mol. The van der Waals surface area contributed by atoms with Gasteiger partial charge in [-0.05, 0) is 65.8 Å². The van der Waals surface area contributed by atoms with Crippen molar-refractivity contribution >= 4 is 46.1 Å². The topological polar surface area (TPSA) is 105 Å². The summed E-state index contributed by atoms with van der Waals surface area (Å²) in [5.41, 5.74) is 2.41. The summed E-state index contributed by atoms with van der Waals surface area (Å²) in [7, 11) is 1.49. The van der Waals surface area contributed by atoms with Crippen molar-refractivity contribution in [3.05, 3.63) is 82.4 Å². The van der Waals surface area contributed by atoms with Crippen LogP contribution in [0.1, 0.15) is 63.9 Å². The first-order valence-electron chi connectivity index (χ1n) is 12.1. The molecule has 39 heavy (non-hydrogen) atoms. The van der Waals surface area contributed by atoms with Crippen molar-refractivity contribution in [3.8, 4) is 5.75 Å². The SMILES string of the molecule is COc1cccc(C(=O)N(C(=O)OCSC(=S)c2cnc[nH]2)N(C(=O)c2cc(C)cc(C)c2)C(C)(C)C)c1C. The van der Waals surface area contributed by atoms with Crippen LogP contribution in [0, 0.1) is 20.8 Å². The summed E-state index contributed by atoms with van der Waals surface area (Å²) in [4.78, 5) is 48.5. The second kappa shape index (κ2) is 12.4. The molecular weight excluding hydrogens is 536 g/mol. The van der Waals surface area contributed by atoms with Gasteiger partial charge in [-0.25, -0.2) is 14.8 Å². The smallest absolute Gasteiger partial charge is 0.437 e. The van der Waals surface area contributed by atoms with Crippen LogP contribution in [0.25, 0.3) is 0 Å². The highest BCUT2D eigenvalue weighted by Gasteiger charge is 2.41. The highest BCUT2D eigenvalue weighted by atomic mass is 32.2. The maximum absolute atomic E-state index is 14.0. The van der Waals surface area contributed by atoms with E-state index in [1.165, 1.54) is 13.4 Å². The van der Waals surface area contributed by atoms with E-state index < -0.39 is 23.4 Å². The van der Waals surface area contributed by atoms with Crippen LogP contribution in [0.15, 0.2) is 48.9 Å². The number of thiocarbonyl (C=S) groups is 1. The number of carbonyl (C=O) groups is 3. The number of hydrogen-bond acceptors (Lipinski definition) is 8.